The van der Waals surface area contributed by atoms with Crippen LogP contribution in [0.15, 0.2) is 72.5 Å². The van der Waals surface area contributed by atoms with Crippen LogP contribution in [0.2, 0.25) is 0 Å². The Hall–Kier alpha value is -2.73. The molecule has 0 bridgehead atoms. The van der Waals surface area contributed by atoms with Crippen LogP contribution in [0.5, 0.6) is 0 Å². The van der Waals surface area contributed by atoms with Crippen LogP contribution in [0.25, 0.3) is 0 Å². The van der Waals surface area contributed by atoms with Gasteiger partial charge in [0.1, 0.15) is 12.5 Å². The number of rotatable bonds is 10. The van der Waals surface area contributed by atoms with Crippen molar-refractivity contribution in [3.8, 4) is 0 Å². The number of hydrogen-bond acceptors (Lipinski definition) is 4. The lowest BCUT2D eigenvalue weighted by molar-refractivity contribution is -0.152. The fourth-order valence-electron chi connectivity index (χ4n) is 2.79. The number of esters is 1. The van der Waals surface area contributed by atoms with Gasteiger partial charge < -0.3 is 14.6 Å². The van der Waals surface area contributed by atoms with Crippen molar-refractivity contribution >= 4 is 5.97 Å². The molecule has 2 atom stereocenters. The zero-order valence-electron chi connectivity index (χ0n) is 15.7. The molecule has 4 nitrogen and oxygen atoms in total. The highest BCUT2D eigenvalue weighted by atomic mass is 19.3. The van der Waals surface area contributed by atoms with Crippen molar-refractivity contribution in [1.29, 1.82) is 0 Å². The van der Waals surface area contributed by atoms with Crippen LogP contribution < -0.4 is 0 Å². The van der Waals surface area contributed by atoms with Crippen molar-refractivity contribution in [2.75, 3.05) is 6.61 Å². The van der Waals surface area contributed by atoms with Crippen LogP contribution in [-0.2, 0) is 27.3 Å². The first kappa shape index (κ1) is 21.6. The lowest BCUT2D eigenvalue weighted by atomic mass is 9.94. The van der Waals surface area contributed by atoms with Gasteiger partial charge in [0.05, 0.1) is 12.7 Å². The molecule has 0 spiro atoms. The third-order valence-corrected chi connectivity index (χ3v) is 4.20. The van der Waals surface area contributed by atoms with Gasteiger partial charge in [-0.15, -0.1) is 0 Å². The Morgan fingerprint density at radius 3 is 2.07 bits per heavy atom. The molecule has 0 unspecified atom stereocenters. The number of ether oxygens (including phenoxy) is 2. The third-order valence-electron chi connectivity index (χ3n) is 4.20. The number of aryl methyl sites for hydroxylation is 1. The Bertz CT molecular complexity index is 759. The molecule has 150 valence electrons. The molecule has 0 amide bonds. The molecule has 0 aliphatic heterocycles. The van der Waals surface area contributed by atoms with Crippen LogP contribution in [0.3, 0.4) is 0 Å². The van der Waals surface area contributed by atoms with Crippen molar-refractivity contribution < 1.29 is 28.2 Å². The molecule has 0 aliphatic carbocycles. The monoisotopic (exact) mass is 390 g/mol. The number of aliphatic hydroxyl groups is 1. The molecule has 2 aromatic carbocycles. The fourth-order valence-corrected chi connectivity index (χ4v) is 2.79. The Balaban J connectivity index is 2.15. The van der Waals surface area contributed by atoms with Crippen LogP contribution in [0.4, 0.5) is 8.78 Å². The normalized spacial score (nSPS) is 12.7. The first-order valence-electron chi connectivity index (χ1n) is 9.13. The molecular formula is C22H24F2O4. The molecule has 0 fully saturated rings. The zero-order valence-corrected chi connectivity index (χ0v) is 15.7. The summed E-state index contributed by atoms with van der Waals surface area (Å²) in [4.78, 5) is 12.3. The predicted octanol–water partition coefficient (Wildman–Crippen LogP) is 4.48. The van der Waals surface area contributed by atoms with Gasteiger partial charge in [-0.25, -0.2) is 0 Å². The Labute approximate surface area is 163 Å². The molecule has 6 heteroatoms. The maximum Gasteiger partial charge on any atom is 0.319 e. The predicted molar refractivity (Wildman–Crippen MR) is 101 cm³/mol. The van der Waals surface area contributed by atoms with Gasteiger partial charge in [0, 0.05) is 0 Å². The average molecular weight is 390 g/mol. The van der Waals surface area contributed by atoms with Crippen molar-refractivity contribution in [1.82, 2.24) is 0 Å². The number of hydrogen-bond donors (Lipinski definition) is 1. The lowest BCUT2D eigenvalue weighted by Crippen LogP contribution is -2.33. The van der Waals surface area contributed by atoms with Crippen molar-refractivity contribution in [3.63, 3.8) is 0 Å². The highest BCUT2D eigenvalue weighted by molar-refractivity contribution is 5.76. The first-order valence-corrected chi connectivity index (χ1v) is 9.13. The van der Waals surface area contributed by atoms with E-state index in [1.807, 2.05) is 30.3 Å². The molecule has 1 N–H and O–H groups in total. The van der Waals surface area contributed by atoms with Gasteiger partial charge in [-0.1, -0.05) is 60.7 Å². The van der Waals surface area contributed by atoms with Crippen molar-refractivity contribution in [3.05, 3.63) is 83.6 Å². The van der Waals surface area contributed by atoms with E-state index >= 15 is 0 Å². The molecule has 2 rings (SSSR count). The third kappa shape index (κ3) is 6.46. The van der Waals surface area contributed by atoms with E-state index in [1.165, 1.54) is 0 Å². The number of aliphatic hydroxyl groups excluding tert-OH is 1. The quantitative estimate of drug-likeness (QED) is 0.480. The van der Waals surface area contributed by atoms with Crippen LogP contribution in [0.1, 0.15) is 24.5 Å². The number of benzene rings is 2. The number of carbonyl (C=O) groups excluding carboxylic acids is 1. The minimum absolute atomic E-state index is 0.0145. The molecule has 28 heavy (non-hydrogen) atoms. The van der Waals surface area contributed by atoms with E-state index in [0.717, 1.165) is 5.56 Å². The minimum atomic E-state index is -2.15. The van der Waals surface area contributed by atoms with Gasteiger partial charge in [-0.2, -0.15) is 8.78 Å². The maximum atomic E-state index is 13.6. The SMILES string of the molecule is CCOC(=O)[C@@H](C(OCc1ccccc1)=C(F)F)[C@H](O)CCc1ccccc1. The van der Waals surface area contributed by atoms with Crippen LogP contribution >= 0.6 is 0 Å². The molecule has 0 heterocycles. The summed E-state index contributed by atoms with van der Waals surface area (Å²) in [6.45, 7) is 1.45. The van der Waals surface area contributed by atoms with Crippen LogP contribution in [0, 0.1) is 5.92 Å². The average Bonchev–Trinajstić information content (AvgIpc) is 2.70. The molecule has 2 aromatic rings. The maximum absolute atomic E-state index is 13.6. The largest absolute Gasteiger partial charge is 0.487 e. The van der Waals surface area contributed by atoms with Gasteiger partial charge in [0.25, 0.3) is 0 Å². The molecule has 0 radical (unpaired) electrons. The Morgan fingerprint density at radius 1 is 0.964 bits per heavy atom. The van der Waals surface area contributed by atoms with E-state index in [0.29, 0.717) is 12.0 Å². The van der Waals surface area contributed by atoms with E-state index in [-0.39, 0.29) is 19.6 Å². The van der Waals surface area contributed by atoms with Crippen LogP contribution in [-0.4, -0.2) is 23.8 Å². The van der Waals surface area contributed by atoms with Gasteiger partial charge >= 0.3 is 12.0 Å². The summed E-state index contributed by atoms with van der Waals surface area (Å²) < 4.78 is 37.4. The summed E-state index contributed by atoms with van der Waals surface area (Å²) in [5.74, 6) is -3.36. The second-order valence-electron chi connectivity index (χ2n) is 6.22. The first-order chi connectivity index (χ1) is 13.5. The van der Waals surface area contributed by atoms with E-state index in [1.54, 1.807) is 37.3 Å². The van der Waals surface area contributed by atoms with Gasteiger partial charge in [0.15, 0.2) is 5.76 Å². The molecule has 0 aromatic heterocycles. The fraction of sp³-hybridized carbons (Fsp3) is 0.318. The van der Waals surface area contributed by atoms with Gasteiger partial charge in [0.2, 0.25) is 0 Å². The van der Waals surface area contributed by atoms with Gasteiger partial charge in [-0.3, -0.25) is 4.79 Å². The Kier molecular flexibility index (Phi) is 8.62. The summed E-state index contributed by atoms with van der Waals surface area (Å²) in [7, 11) is 0. The smallest absolute Gasteiger partial charge is 0.319 e. The zero-order chi connectivity index (χ0) is 20.4. The van der Waals surface area contributed by atoms with E-state index < -0.39 is 29.8 Å². The molecular weight excluding hydrogens is 366 g/mol. The second kappa shape index (κ2) is 11.2. The van der Waals surface area contributed by atoms with Crippen molar-refractivity contribution in [2.45, 2.75) is 32.5 Å². The summed E-state index contributed by atoms with van der Waals surface area (Å²) >= 11 is 0. The summed E-state index contributed by atoms with van der Waals surface area (Å²) in [5, 5.41) is 10.5. The minimum Gasteiger partial charge on any atom is -0.487 e. The summed E-state index contributed by atoms with van der Waals surface area (Å²) in [6.07, 6.45) is -2.98. The Morgan fingerprint density at radius 2 is 1.54 bits per heavy atom. The summed E-state index contributed by atoms with van der Waals surface area (Å²) in [5.41, 5.74) is 1.60. The standard InChI is InChI=1S/C22H24F2O4/c1-2-27-22(26)19(18(25)14-13-16-9-5-3-6-10-16)20(21(23)24)28-15-17-11-7-4-8-12-17/h3-12,18-19,25H,2,13-15H2,1H3/t18-,19-/m1/s1. The summed E-state index contributed by atoms with van der Waals surface area (Å²) in [6, 6.07) is 18.0. The van der Waals surface area contributed by atoms with E-state index in [4.69, 9.17) is 9.47 Å². The highest BCUT2D eigenvalue weighted by Gasteiger charge is 2.36. The number of halogens is 2. The van der Waals surface area contributed by atoms with E-state index in [2.05, 4.69) is 0 Å². The highest BCUT2D eigenvalue weighted by Crippen LogP contribution is 2.27. The van der Waals surface area contributed by atoms with Crippen molar-refractivity contribution in [2.24, 2.45) is 5.92 Å². The topological polar surface area (TPSA) is 55.8 Å². The molecule has 0 aliphatic rings. The second-order valence-corrected chi connectivity index (χ2v) is 6.22. The van der Waals surface area contributed by atoms with E-state index in [9.17, 15) is 18.7 Å². The molecule has 0 saturated carbocycles. The number of carbonyl (C=O) groups is 1. The molecule has 0 saturated heterocycles. The lowest BCUT2D eigenvalue weighted by Gasteiger charge is -2.23. The van der Waals surface area contributed by atoms with Gasteiger partial charge in [-0.05, 0) is 30.9 Å².